The van der Waals surface area contributed by atoms with E-state index in [0.717, 1.165) is 31.2 Å². The molecule has 5 atom stereocenters. The first-order valence-electron chi connectivity index (χ1n) is 17.2. The maximum absolute atomic E-state index is 14.4. The molecule has 0 bridgehead atoms. The van der Waals surface area contributed by atoms with Crippen LogP contribution in [0.2, 0.25) is 0 Å². The van der Waals surface area contributed by atoms with Gasteiger partial charge in [0.05, 0.1) is 31.2 Å². The van der Waals surface area contributed by atoms with Gasteiger partial charge < -0.3 is 14.4 Å². The minimum Gasteiger partial charge on any atom is -0.466 e. The molecule has 3 heterocycles. The average molecular weight is 663 g/mol. The molecule has 8 nitrogen and oxygen atoms in total. The summed E-state index contributed by atoms with van der Waals surface area (Å²) in [7, 11) is 0. The van der Waals surface area contributed by atoms with Gasteiger partial charge in [-0.2, -0.15) is 0 Å². The number of halogens is 2. The molecule has 2 aromatic carbocycles. The van der Waals surface area contributed by atoms with Gasteiger partial charge in [0.2, 0.25) is 5.91 Å². The number of carbonyl (C=O) groups is 4. The van der Waals surface area contributed by atoms with Gasteiger partial charge in [-0.05, 0) is 86.8 Å². The Hall–Kier alpha value is -4.08. The molecule has 0 radical (unpaired) electrons. The van der Waals surface area contributed by atoms with Crippen molar-refractivity contribution in [2.45, 2.75) is 96.9 Å². The van der Waals surface area contributed by atoms with Crippen LogP contribution in [0.25, 0.3) is 0 Å². The van der Waals surface area contributed by atoms with Gasteiger partial charge in [0.15, 0.2) is 5.78 Å². The molecule has 2 fully saturated rings. The summed E-state index contributed by atoms with van der Waals surface area (Å²) in [6.07, 6.45) is 7.52. The lowest BCUT2D eigenvalue weighted by Crippen LogP contribution is -2.45. The Kier molecular flexibility index (Phi) is 9.99. The Bertz CT molecular complexity index is 1590. The number of rotatable bonds is 5. The highest BCUT2D eigenvalue weighted by atomic mass is 19.1. The van der Waals surface area contributed by atoms with E-state index in [4.69, 9.17) is 9.47 Å². The van der Waals surface area contributed by atoms with Crippen molar-refractivity contribution in [3.05, 3.63) is 82.4 Å². The Morgan fingerprint density at radius 3 is 2.67 bits per heavy atom. The number of nitrogens with zero attached hydrogens (tertiary/aromatic N) is 2. The monoisotopic (exact) mass is 662 g/mol. The first-order chi connectivity index (χ1) is 23.1. The topological polar surface area (TPSA) is 93.2 Å². The van der Waals surface area contributed by atoms with Gasteiger partial charge in [-0.15, -0.1) is 0 Å². The Morgan fingerprint density at radius 2 is 1.90 bits per heavy atom. The number of amides is 2. The quantitative estimate of drug-likeness (QED) is 0.265. The van der Waals surface area contributed by atoms with Crippen LogP contribution in [0.5, 0.6) is 0 Å². The van der Waals surface area contributed by atoms with Crippen LogP contribution in [0, 0.1) is 35.8 Å². The molecule has 4 aliphatic rings. The molecule has 0 N–H and O–H groups in total. The van der Waals surface area contributed by atoms with E-state index in [2.05, 4.69) is 6.08 Å². The summed E-state index contributed by atoms with van der Waals surface area (Å²) >= 11 is 0. The van der Waals surface area contributed by atoms with E-state index in [9.17, 15) is 28.0 Å². The largest absolute Gasteiger partial charge is 0.466 e. The van der Waals surface area contributed by atoms with Crippen LogP contribution in [0.3, 0.4) is 0 Å². The number of benzene rings is 2. The van der Waals surface area contributed by atoms with Crippen molar-refractivity contribution in [1.82, 2.24) is 9.80 Å². The zero-order valence-corrected chi connectivity index (χ0v) is 27.7. The number of ether oxygens (including phenoxy) is 2. The predicted molar refractivity (Wildman–Crippen MR) is 173 cm³/mol. The van der Waals surface area contributed by atoms with Crippen LogP contribution in [0.15, 0.2) is 48.6 Å². The Morgan fingerprint density at radius 1 is 1.06 bits per heavy atom. The number of ketones is 1. The Balaban J connectivity index is 1.26. The molecule has 6 rings (SSSR count). The molecule has 2 aromatic rings. The molecule has 1 saturated carbocycles. The maximum atomic E-state index is 14.4. The highest BCUT2D eigenvalue weighted by Gasteiger charge is 2.61. The van der Waals surface area contributed by atoms with Gasteiger partial charge in [0, 0.05) is 30.9 Å². The zero-order chi connectivity index (χ0) is 34.0. The summed E-state index contributed by atoms with van der Waals surface area (Å²) in [5.41, 5.74) is 1.65. The summed E-state index contributed by atoms with van der Waals surface area (Å²) in [4.78, 5) is 58.1. The van der Waals surface area contributed by atoms with E-state index >= 15 is 0 Å². The molecule has 3 aliphatic heterocycles. The molecule has 1 saturated heterocycles. The first-order valence-corrected chi connectivity index (χ1v) is 17.2. The van der Waals surface area contributed by atoms with Crippen LogP contribution in [0.1, 0.15) is 80.5 Å². The van der Waals surface area contributed by atoms with Gasteiger partial charge in [-0.1, -0.05) is 43.2 Å². The second-order valence-corrected chi connectivity index (χ2v) is 13.9. The number of aryl methyl sites for hydroxylation is 1. The molecule has 48 heavy (non-hydrogen) atoms. The fourth-order valence-corrected chi connectivity index (χ4v) is 7.81. The van der Waals surface area contributed by atoms with Gasteiger partial charge in [-0.3, -0.25) is 19.3 Å². The number of esters is 1. The van der Waals surface area contributed by atoms with Gasteiger partial charge in [0.25, 0.3) is 0 Å². The van der Waals surface area contributed by atoms with Crippen molar-refractivity contribution in [3.8, 4) is 0 Å². The van der Waals surface area contributed by atoms with Crippen molar-refractivity contribution in [2.75, 3.05) is 13.2 Å². The van der Waals surface area contributed by atoms with Gasteiger partial charge in [-0.25, -0.2) is 13.6 Å². The minimum atomic E-state index is -0.975. The molecule has 0 unspecified atom stereocenters. The normalized spacial score (nSPS) is 28.1. The number of fused-ring (bicyclic) bond motifs is 3. The number of Topliss-reactive ketones (excluding diaryl/α,β-unsaturated/α-hetero) is 1. The summed E-state index contributed by atoms with van der Waals surface area (Å²) in [6, 6.07) is 8.61. The van der Waals surface area contributed by atoms with Crippen LogP contribution >= 0.6 is 0 Å². The summed E-state index contributed by atoms with van der Waals surface area (Å²) in [5, 5.41) is 0. The first kappa shape index (κ1) is 33.8. The van der Waals surface area contributed by atoms with Crippen LogP contribution < -0.4 is 0 Å². The van der Waals surface area contributed by atoms with Gasteiger partial charge in [0.1, 0.15) is 17.7 Å². The average Bonchev–Trinajstić information content (AvgIpc) is 3.33. The third kappa shape index (κ3) is 7.17. The summed E-state index contributed by atoms with van der Waals surface area (Å²) in [5.74, 6) is -2.29. The standard InChI is InChI=1S/C38H44F2N2O6/c1-3-47-36(45)38-19-28(38)12-8-6-4-5-7-10-26(16-25-14-24(2)15-29(39)17-25)35(44)42-22-30(18-33(42)34(43)20-38)48-37(46)41-21-27-11-9-13-32(40)31(27)23-41/h8-9,11-15,17,26,28,30,33H,3-7,10,16,18-23H2,1-2H3/b12-8-/t26-,28+,30-,33+,38-/m1/s1. The van der Waals surface area contributed by atoms with E-state index in [1.54, 1.807) is 19.1 Å². The lowest BCUT2D eigenvalue weighted by Gasteiger charge is -2.29. The van der Waals surface area contributed by atoms with Crippen LogP contribution in [-0.2, 0) is 43.4 Å². The van der Waals surface area contributed by atoms with Crippen LogP contribution in [-0.4, -0.2) is 58.9 Å². The lowest BCUT2D eigenvalue weighted by atomic mass is 9.90. The molecule has 10 heteroatoms. The number of allylic oxidation sites excluding steroid dienone is 2. The second kappa shape index (κ2) is 14.2. The van der Waals surface area contributed by atoms with E-state index < -0.39 is 35.5 Å². The number of hydrogen-bond donors (Lipinski definition) is 0. The summed E-state index contributed by atoms with van der Waals surface area (Å²) < 4.78 is 40.1. The van der Waals surface area contributed by atoms with Crippen molar-refractivity contribution < 1.29 is 37.4 Å². The Labute approximate surface area is 280 Å². The van der Waals surface area contributed by atoms with Crippen molar-refractivity contribution in [3.63, 3.8) is 0 Å². The fourth-order valence-electron chi connectivity index (χ4n) is 7.81. The highest BCUT2D eigenvalue weighted by Crippen LogP contribution is 2.57. The van der Waals surface area contributed by atoms with E-state index in [0.29, 0.717) is 36.0 Å². The SMILES string of the molecule is CCOC(=O)[C@]12CC(=O)[C@@H]3C[C@@H](OC(=O)N4Cc5cccc(F)c5C4)CN3C(=O)[C@@H](Cc3cc(C)cc(F)c3)CCCCC/C=C\[C@H]1C2. The number of carbonyl (C=O) groups excluding carboxylic acids is 4. The molecule has 0 aromatic heterocycles. The molecular formula is C38H44F2N2O6. The predicted octanol–water partition coefficient (Wildman–Crippen LogP) is 6.60. The second-order valence-electron chi connectivity index (χ2n) is 13.9. The van der Waals surface area contributed by atoms with Gasteiger partial charge >= 0.3 is 12.1 Å². The van der Waals surface area contributed by atoms with E-state index in [-0.39, 0.29) is 68.3 Å². The van der Waals surface area contributed by atoms with Crippen molar-refractivity contribution in [2.24, 2.45) is 17.3 Å². The lowest BCUT2D eigenvalue weighted by molar-refractivity contribution is -0.152. The molecular weight excluding hydrogens is 618 g/mol. The minimum absolute atomic E-state index is 0.0184. The third-order valence-electron chi connectivity index (χ3n) is 10.4. The molecule has 1 aliphatic carbocycles. The number of hydrogen-bond acceptors (Lipinski definition) is 6. The van der Waals surface area contributed by atoms with Crippen molar-refractivity contribution >= 4 is 23.8 Å². The van der Waals surface area contributed by atoms with Crippen molar-refractivity contribution in [1.29, 1.82) is 0 Å². The zero-order valence-electron chi connectivity index (χ0n) is 27.7. The third-order valence-corrected chi connectivity index (χ3v) is 10.4. The highest BCUT2D eigenvalue weighted by molar-refractivity contribution is 5.95. The maximum Gasteiger partial charge on any atom is 0.410 e. The molecule has 256 valence electrons. The van der Waals surface area contributed by atoms with E-state index in [1.807, 2.05) is 19.1 Å². The smallest absolute Gasteiger partial charge is 0.410 e. The van der Waals surface area contributed by atoms with E-state index in [1.165, 1.54) is 28.0 Å². The fraction of sp³-hybridized carbons (Fsp3) is 0.526. The summed E-state index contributed by atoms with van der Waals surface area (Å²) in [6.45, 7) is 4.04. The molecule has 0 spiro atoms. The van der Waals surface area contributed by atoms with Crippen LogP contribution in [0.4, 0.5) is 13.6 Å². The molecule has 2 amide bonds.